The first-order valence-corrected chi connectivity index (χ1v) is 5.72. The number of carbonyl (C=O) groups is 2. The minimum absolute atomic E-state index is 0.0362. The average Bonchev–Trinajstić information content (AvgIpc) is 2.77. The van der Waals surface area contributed by atoms with E-state index in [1.165, 1.54) is 6.26 Å². The summed E-state index contributed by atoms with van der Waals surface area (Å²) in [6.45, 7) is 1.79. The average molecular weight is 259 g/mol. The number of anilines is 1. The molecule has 0 aliphatic heterocycles. The van der Waals surface area contributed by atoms with Crippen LogP contribution in [-0.4, -0.2) is 17.0 Å². The molecule has 0 saturated carbocycles. The van der Waals surface area contributed by atoms with Gasteiger partial charge in [-0.1, -0.05) is 12.1 Å². The summed E-state index contributed by atoms with van der Waals surface area (Å²) in [7, 11) is 0. The van der Waals surface area contributed by atoms with Gasteiger partial charge in [0.1, 0.15) is 0 Å². The molecule has 1 heterocycles. The topological polar surface area (TPSA) is 79.5 Å². The minimum atomic E-state index is -0.886. The Kier molecular flexibility index (Phi) is 3.66. The molecule has 0 fully saturated rings. The van der Waals surface area contributed by atoms with Gasteiger partial charge in [0.2, 0.25) is 0 Å². The van der Waals surface area contributed by atoms with E-state index in [1.54, 1.807) is 37.3 Å². The zero-order valence-corrected chi connectivity index (χ0v) is 10.3. The Hall–Kier alpha value is -2.56. The van der Waals surface area contributed by atoms with E-state index in [-0.39, 0.29) is 18.1 Å². The number of hydrogen-bond donors (Lipinski definition) is 2. The van der Waals surface area contributed by atoms with Crippen LogP contribution in [0.15, 0.2) is 41.0 Å². The maximum absolute atomic E-state index is 11.9. The van der Waals surface area contributed by atoms with Crippen molar-refractivity contribution in [1.82, 2.24) is 0 Å². The van der Waals surface area contributed by atoms with Gasteiger partial charge in [-0.2, -0.15) is 0 Å². The minimum Gasteiger partial charge on any atom is -0.481 e. The second-order valence-corrected chi connectivity index (χ2v) is 4.15. The lowest BCUT2D eigenvalue weighted by Crippen LogP contribution is -2.12. The first-order chi connectivity index (χ1) is 9.06. The van der Waals surface area contributed by atoms with Crippen molar-refractivity contribution in [1.29, 1.82) is 0 Å². The maximum Gasteiger partial charge on any atom is 0.307 e. The highest BCUT2D eigenvalue weighted by molar-refractivity contribution is 6.03. The number of hydrogen-bond acceptors (Lipinski definition) is 3. The number of carboxylic acid groups (broad SMARTS) is 1. The van der Waals surface area contributed by atoms with Crippen LogP contribution < -0.4 is 5.32 Å². The van der Waals surface area contributed by atoms with Gasteiger partial charge in [-0.25, -0.2) is 0 Å². The Morgan fingerprint density at radius 2 is 1.89 bits per heavy atom. The Balaban J connectivity index is 2.06. The quantitative estimate of drug-likeness (QED) is 0.883. The highest BCUT2D eigenvalue weighted by atomic mass is 16.4. The van der Waals surface area contributed by atoms with E-state index >= 15 is 0 Å². The summed E-state index contributed by atoms with van der Waals surface area (Å²) < 4.78 is 5.08. The number of benzene rings is 1. The first-order valence-electron chi connectivity index (χ1n) is 5.72. The summed E-state index contributed by atoms with van der Waals surface area (Å²) in [6.07, 6.45) is 1.42. The van der Waals surface area contributed by atoms with Crippen LogP contribution in [0.2, 0.25) is 0 Å². The molecule has 0 bridgehead atoms. The molecule has 5 heteroatoms. The van der Waals surface area contributed by atoms with Gasteiger partial charge in [-0.05, 0) is 30.7 Å². The maximum atomic E-state index is 11.9. The number of aliphatic carboxylic acids is 1. The Morgan fingerprint density at radius 3 is 2.42 bits per heavy atom. The largest absolute Gasteiger partial charge is 0.481 e. The molecule has 2 rings (SSSR count). The molecular weight excluding hydrogens is 246 g/mol. The normalized spacial score (nSPS) is 10.2. The van der Waals surface area contributed by atoms with Gasteiger partial charge in [-0.3, -0.25) is 9.59 Å². The Morgan fingerprint density at radius 1 is 1.21 bits per heavy atom. The second-order valence-electron chi connectivity index (χ2n) is 4.15. The van der Waals surface area contributed by atoms with Gasteiger partial charge in [0.05, 0.1) is 12.7 Å². The zero-order valence-electron chi connectivity index (χ0n) is 10.3. The van der Waals surface area contributed by atoms with E-state index < -0.39 is 5.97 Å². The molecule has 0 spiro atoms. The van der Waals surface area contributed by atoms with Gasteiger partial charge in [0, 0.05) is 11.3 Å². The lowest BCUT2D eigenvalue weighted by atomic mass is 10.1. The van der Waals surface area contributed by atoms with Crippen molar-refractivity contribution in [3.8, 4) is 0 Å². The zero-order chi connectivity index (χ0) is 13.8. The fraction of sp³-hybridized carbons (Fsp3) is 0.143. The van der Waals surface area contributed by atoms with Crippen molar-refractivity contribution in [2.24, 2.45) is 0 Å². The number of nitrogens with one attached hydrogen (secondary N) is 1. The number of amides is 1. The SMILES string of the molecule is Cc1ccoc1C(=O)Nc1ccc(CC(=O)O)cc1. The van der Waals surface area contributed by atoms with Crippen LogP contribution in [0.3, 0.4) is 0 Å². The molecule has 0 saturated heterocycles. The molecule has 98 valence electrons. The summed E-state index contributed by atoms with van der Waals surface area (Å²) in [5, 5.41) is 11.3. The molecule has 0 atom stereocenters. The summed E-state index contributed by atoms with van der Waals surface area (Å²) in [6, 6.07) is 8.37. The van der Waals surface area contributed by atoms with Crippen molar-refractivity contribution in [2.75, 3.05) is 5.32 Å². The number of furan rings is 1. The van der Waals surface area contributed by atoms with Crippen molar-refractivity contribution >= 4 is 17.6 Å². The third kappa shape index (κ3) is 3.22. The molecule has 19 heavy (non-hydrogen) atoms. The van der Waals surface area contributed by atoms with Gasteiger partial charge in [0.25, 0.3) is 5.91 Å². The fourth-order valence-electron chi connectivity index (χ4n) is 1.67. The summed E-state index contributed by atoms with van der Waals surface area (Å²) in [5.41, 5.74) is 2.04. The van der Waals surface area contributed by atoms with Crippen LogP contribution in [-0.2, 0) is 11.2 Å². The first kappa shape index (κ1) is 12.9. The predicted molar refractivity (Wildman–Crippen MR) is 69.2 cm³/mol. The lowest BCUT2D eigenvalue weighted by Gasteiger charge is -2.05. The molecule has 5 nitrogen and oxygen atoms in total. The molecule has 2 N–H and O–H groups in total. The van der Waals surface area contributed by atoms with Crippen LogP contribution in [0, 0.1) is 6.92 Å². The number of rotatable bonds is 4. The molecular formula is C14H13NO4. The number of carbonyl (C=O) groups excluding carboxylic acids is 1. The monoisotopic (exact) mass is 259 g/mol. The summed E-state index contributed by atoms with van der Waals surface area (Å²) in [4.78, 5) is 22.4. The molecule has 0 radical (unpaired) electrons. The van der Waals surface area contributed by atoms with Crippen molar-refractivity contribution in [3.05, 3.63) is 53.5 Å². The predicted octanol–water partition coefficient (Wildman–Crippen LogP) is 2.47. The van der Waals surface area contributed by atoms with Gasteiger partial charge >= 0.3 is 5.97 Å². The van der Waals surface area contributed by atoms with Gasteiger partial charge < -0.3 is 14.8 Å². The molecule has 0 unspecified atom stereocenters. The van der Waals surface area contributed by atoms with E-state index in [2.05, 4.69) is 5.32 Å². The van der Waals surface area contributed by atoms with E-state index in [1.807, 2.05) is 0 Å². The Labute approximate surface area is 109 Å². The van der Waals surface area contributed by atoms with Crippen LogP contribution >= 0.6 is 0 Å². The van der Waals surface area contributed by atoms with Gasteiger partial charge in [0.15, 0.2) is 5.76 Å². The van der Waals surface area contributed by atoms with E-state index in [4.69, 9.17) is 9.52 Å². The standard InChI is InChI=1S/C14H13NO4/c1-9-6-7-19-13(9)14(18)15-11-4-2-10(3-5-11)8-12(16)17/h2-7H,8H2,1H3,(H,15,18)(H,16,17). The third-order valence-corrected chi connectivity index (χ3v) is 2.64. The molecule has 2 aromatic rings. The van der Waals surface area contributed by atoms with Crippen molar-refractivity contribution in [3.63, 3.8) is 0 Å². The van der Waals surface area contributed by atoms with Crippen LogP contribution in [0.1, 0.15) is 21.7 Å². The molecule has 1 amide bonds. The van der Waals surface area contributed by atoms with E-state index in [9.17, 15) is 9.59 Å². The highest BCUT2D eigenvalue weighted by Gasteiger charge is 2.12. The van der Waals surface area contributed by atoms with Crippen molar-refractivity contribution < 1.29 is 19.1 Å². The molecule has 0 aliphatic rings. The van der Waals surface area contributed by atoms with E-state index in [0.29, 0.717) is 11.3 Å². The summed E-state index contributed by atoms with van der Waals surface area (Å²) >= 11 is 0. The lowest BCUT2D eigenvalue weighted by molar-refractivity contribution is -0.136. The molecule has 1 aromatic heterocycles. The summed E-state index contributed by atoms with van der Waals surface area (Å²) in [5.74, 6) is -0.939. The number of carboxylic acids is 1. The smallest absolute Gasteiger partial charge is 0.307 e. The third-order valence-electron chi connectivity index (χ3n) is 2.64. The highest BCUT2D eigenvalue weighted by Crippen LogP contribution is 2.14. The van der Waals surface area contributed by atoms with Crippen LogP contribution in [0.4, 0.5) is 5.69 Å². The second kappa shape index (κ2) is 5.39. The number of aryl methyl sites for hydroxylation is 1. The van der Waals surface area contributed by atoms with Crippen LogP contribution in [0.25, 0.3) is 0 Å². The van der Waals surface area contributed by atoms with Crippen LogP contribution in [0.5, 0.6) is 0 Å². The molecule has 1 aromatic carbocycles. The van der Waals surface area contributed by atoms with Gasteiger partial charge in [-0.15, -0.1) is 0 Å². The fourth-order valence-corrected chi connectivity index (χ4v) is 1.67. The molecule has 0 aliphatic carbocycles. The van der Waals surface area contributed by atoms with Crippen molar-refractivity contribution in [2.45, 2.75) is 13.3 Å². The Bertz CT molecular complexity index is 598. The van der Waals surface area contributed by atoms with E-state index in [0.717, 1.165) is 5.56 Å².